The molecule has 4 amide bonds. The summed E-state index contributed by atoms with van der Waals surface area (Å²) in [5.41, 5.74) is 5.46. The number of urea groups is 1. The Labute approximate surface area is 190 Å². The van der Waals surface area contributed by atoms with Crippen molar-refractivity contribution < 1.29 is 37.8 Å². The van der Waals surface area contributed by atoms with E-state index < -0.39 is 30.4 Å². The van der Waals surface area contributed by atoms with Gasteiger partial charge in [-0.25, -0.2) is 9.59 Å². The Morgan fingerprint density at radius 2 is 2.00 bits per heavy atom. The molecule has 2 aromatic rings. The fourth-order valence-electron chi connectivity index (χ4n) is 2.85. The fourth-order valence-corrected chi connectivity index (χ4v) is 3.30. The van der Waals surface area contributed by atoms with E-state index in [0.29, 0.717) is 10.0 Å². The lowest BCUT2D eigenvalue weighted by Gasteiger charge is -2.13. The maximum absolute atomic E-state index is 12.8. The highest BCUT2D eigenvalue weighted by atomic mass is 79.9. The molecule has 11 nitrogen and oxygen atoms in total. The lowest BCUT2D eigenvalue weighted by molar-refractivity contribution is -0.123. The molecule has 3 N–H and O–H groups in total. The number of nitrogens with zero attached hydrogens (tertiary/aromatic N) is 1. The van der Waals surface area contributed by atoms with E-state index in [0.717, 1.165) is 4.90 Å². The molecule has 32 heavy (non-hydrogen) atoms. The molecule has 0 saturated carbocycles. The molecule has 0 radical (unpaired) electrons. The quantitative estimate of drug-likeness (QED) is 0.311. The predicted molar refractivity (Wildman–Crippen MR) is 112 cm³/mol. The third kappa shape index (κ3) is 4.91. The summed E-state index contributed by atoms with van der Waals surface area (Å²) in [6, 6.07) is 5.38. The number of amides is 4. The van der Waals surface area contributed by atoms with E-state index >= 15 is 0 Å². The Morgan fingerprint density at radius 1 is 1.25 bits per heavy atom. The van der Waals surface area contributed by atoms with Crippen molar-refractivity contribution in [3.8, 4) is 11.5 Å². The van der Waals surface area contributed by atoms with Crippen LogP contribution >= 0.6 is 15.9 Å². The monoisotopic (exact) mass is 507 g/mol. The Morgan fingerprint density at radius 3 is 2.66 bits per heavy atom. The van der Waals surface area contributed by atoms with Gasteiger partial charge in [-0.3, -0.25) is 14.5 Å². The normalized spacial score (nSPS) is 14.5. The standard InChI is InChI=1S/C20H18BrN3O8/c1-29-15-7-11(21)5-10(17(15)31-9-16(22)25)6-13-18(26)24(20(28)23-13)8-12-3-4-14(32-12)19(27)30-2/h3-7H,8-9H2,1-2H3,(H2,22,25)(H,23,28)/b13-6+. The maximum Gasteiger partial charge on any atom is 0.373 e. The van der Waals surface area contributed by atoms with E-state index in [2.05, 4.69) is 26.0 Å². The van der Waals surface area contributed by atoms with Crippen LogP contribution in [-0.2, 0) is 20.9 Å². The van der Waals surface area contributed by atoms with Gasteiger partial charge < -0.3 is 29.7 Å². The molecule has 0 spiro atoms. The van der Waals surface area contributed by atoms with Crippen LogP contribution in [0.25, 0.3) is 6.08 Å². The minimum absolute atomic E-state index is 0.0428. The van der Waals surface area contributed by atoms with Crippen LogP contribution in [0.4, 0.5) is 4.79 Å². The number of methoxy groups -OCH3 is 2. The molecule has 0 atom stereocenters. The van der Waals surface area contributed by atoms with Crippen LogP contribution in [-0.4, -0.2) is 49.5 Å². The summed E-state index contributed by atoms with van der Waals surface area (Å²) in [6.45, 7) is -0.618. The van der Waals surface area contributed by atoms with Gasteiger partial charge in [-0.1, -0.05) is 15.9 Å². The molecule has 168 valence electrons. The van der Waals surface area contributed by atoms with E-state index in [1.807, 2.05) is 0 Å². The molecular formula is C20H18BrN3O8. The third-order valence-electron chi connectivity index (χ3n) is 4.25. The molecule has 2 heterocycles. The van der Waals surface area contributed by atoms with Crippen LogP contribution in [0, 0.1) is 0 Å². The summed E-state index contributed by atoms with van der Waals surface area (Å²) in [7, 11) is 2.61. The SMILES string of the molecule is COC(=O)c1ccc(CN2C(=O)N/C(=C/c3cc(Br)cc(OC)c3OCC(N)=O)C2=O)o1. The number of hydrogen-bond acceptors (Lipinski definition) is 8. The van der Waals surface area contributed by atoms with Crippen LogP contribution < -0.4 is 20.5 Å². The van der Waals surface area contributed by atoms with Crippen molar-refractivity contribution in [2.24, 2.45) is 5.73 Å². The van der Waals surface area contributed by atoms with Crippen molar-refractivity contribution in [3.63, 3.8) is 0 Å². The van der Waals surface area contributed by atoms with E-state index in [1.165, 1.54) is 32.4 Å². The predicted octanol–water partition coefficient (Wildman–Crippen LogP) is 1.79. The van der Waals surface area contributed by atoms with Crippen molar-refractivity contribution >= 4 is 45.8 Å². The van der Waals surface area contributed by atoms with E-state index in [1.54, 1.807) is 12.1 Å². The largest absolute Gasteiger partial charge is 0.493 e. The second-order valence-corrected chi connectivity index (χ2v) is 7.33. The van der Waals surface area contributed by atoms with Gasteiger partial charge in [-0.2, -0.15) is 0 Å². The molecule has 1 aromatic heterocycles. The summed E-state index contributed by atoms with van der Waals surface area (Å²) in [6.07, 6.45) is 1.38. The van der Waals surface area contributed by atoms with Gasteiger partial charge in [0.1, 0.15) is 11.5 Å². The smallest absolute Gasteiger partial charge is 0.373 e. The summed E-state index contributed by atoms with van der Waals surface area (Å²) >= 11 is 3.33. The molecule has 0 unspecified atom stereocenters. The number of furan rings is 1. The van der Waals surface area contributed by atoms with Gasteiger partial charge in [-0.05, 0) is 30.3 Å². The first kappa shape index (κ1) is 22.9. The lowest BCUT2D eigenvalue weighted by Crippen LogP contribution is -2.30. The molecule has 1 aromatic carbocycles. The zero-order valence-corrected chi connectivity index (χ0v) is 18.6. The minimum atomic E-state index is -0.699. The number of esters is 1. The van der Waals surface area contributed by atoms with E-state index in [4.69, 9.17) is 19.6 Å². The summed E-state index contributed by atoms with van der Waals surface area (Å²) in [4.78, 5) is 48.8. The van der Waals surface area contributed by atoms with Crippen molar-refractivity contribution in [1.82, 2.24) is 10.2 Å². The molecule has 3 rings (SSSR count). The van der Waals surface area contributed by atoms with Gasteiger partial charge >= 0.3 is 12.0 Å². The number of nitrogens with two attached hydrogens (primary N) is 1. The Bertz CT molecular complexity index is 1120. The highest BCUT2D eigenvalue weighted by Crippen LogP contribution is 2.36. The highest BCUT2D eigenvalue weighted by molar-refractivity contribution is 9.10. The number of ether oxygens (including phenoxy) is 3. The second kappa shape index (κ2) is 9.56. The van der Waals surface area contributed by atoms with Crippen LogP contribution in [0.3, 0.4) is 0 Å². The first-order chi connectivity index (χ1) is 15.2. The van der Waals surface area contributed by atoms with Crippen LogP contribution in [0.2, 0.25) is 0 Å². The van der Waals surface area contributed by atoms with Gasteiger partial charge in [0.05, 0.1) is 20.8 Å². The van der Waals surface area contributed by atoms with Crippen LogP contribution in [0.1, 0.15) is 21.9 Å². The number of carbonyl (C=O) groups is 4. The van der Waals surface area contributed by atoms with Crippen molar-refractivity contribution in [1.29, 1.82) is 0 Å². The van der Waals surface area contributed by atoms with E-state index in [9.17, 15) is 19.2 Å². The van der Waals surface area contributed by atoms with E-state index in [-0.39, 0.29) is 35.3 Å². The van der Waals surface area contributed by atoms with Crippen LogP contribution in [0.15, 0.2) is 38.9 Å². The Kier molecular flexibility index (Phi) is 6.83. The average Bonchev–Trinajstić information content (AvgIpc) is 3.32. The number of carbonyl (C=O) groups excluding carboxylic acids is 4. The number of benzene rings is 1. The number of nitrogens with one attached hydrogen (secondary N) is 1. The second-order valence-electron chi connectivity index (χ2n) is 6.42. The van der Waals surface area contributed by atoms with Crippen molar-refractivity contribution in [2.75, 3.05) is 20.8 Å². The lowest BCUT2D eigenvalue weighted by atomic mass is 10.1. The molecule has 1 fully saturated rings. The van der Waals surface area contributed by atoms with Crippen molar-refractivity contribution in [3.05, 3.63) is 51.5 Å². The summed E-state index contributed by atoms with van der Waals surface area (Å²) in [5.74, 6) is -1.41. The minimum Gasteiger partial charge on any atom is -0.493 e. The highest BCUT2D eigenvalue weighted by Gasteiger charge is 2.34. The Balaban J connectivity index is 1.88. The zero-order chi connectivity index (χ0) is 23.4. The first-order valence-electron chi connectivity index (χ1n) is 9.03. The molecule has 0 aliphatic carbocycles. The summed E-state index contributed by atoms with van der Waals surface area (Å²) < 4.78 is 21.2. The zero-order valence-electron chi connectivity index (χ0n) is 17.0. The number of imide groups is 1. The molecule has 1 aliphatic heterocycles. The number of rotatable bonds is 8. The average molecular weight is 508 g/mol. The molecule has 12 heteroatoms. The molecular weight excluding hydrogens is 490 g/mol. The van der Waals surface area contributed by atoms with Crippen molar-refractivity contribution in [2.45, 2.75) is 6.54 Å². The van der Waals surface area contributed by atoms with Crippen LogP contribution in [0.5, 0.6) is 11.5 Å². The van der Waals surface area contributed by atoms with Gasteiger partial charge in [0.15, 0.2) is 18.1 Å². The molecule has 1 aliphatic rings. The first-order valence-corrected chi connectivity index (χ1v) is 9.83. The van der Waals surface area contributed by atoms with Gasteiger partial charge in [0.2, 0.25) is 5.76 Å². The van der Waals surface area contributed by atoms with Gasteiger partial charge in [-0.15, -0.1) is 0 Å². The maximum atomic E-state index is 12.8. The number of primary amides is 1. The topological polar surface area (TPSA) is 150 Å². The third-order valence-corrected chi connectivity index (χ3v) is 4.71. The van der Waals surface area contributed by atoms with Gasteiger partial charge in [0.25, 0.3) is 11.8 Å². The molecule has 0 bridgehead atoms. The number of hydrogen-bond donors (Lipinski definition) is 2. The van der Waals surface area contributed by atoms with Gasteiger partial charge in [0, 0.05) is 10.0 Å². The number of halogens is 1. The Hall–Kier alpha value is -3.80. The summed E-state index contributed by atoms with van der Waals surface area (Å²) in [5, 5.41) is 2.47. The molecule has 1 saturated heterocycles. The fraction of sp³-hybridized carbons (Fsp3) is 0.200.